The third kappa shape index (κ3) is 3.46. The fraction of sp³-hybridized carbons (Fsp3) is 0.600. The second-order valence-corrected chi connectivity index (χ2v) is 5.66. The van der Waals surface area contributed by atoms with Crippen molar-refractivity contribution in [3.05, 3.63) is 29.3 Å². The van der Waals surface area contributed by atoms with Crippen molar-refractivity contribution in [3.8, 4) is 5.75 Å². The molecule has 0 amide bonds. The van der Waals surface area contributed by atoms with E-state index in [1.54, 1.807) is 0 Å². The standard InChI is InChI=1S/C15H22F2N2O/c1-18-7-6-11(8-18)9-19(2)10-12-14(20-3)5-4-13(16)15(12)17/h4-5,11H,6-10H2,1-3H3/t11-/m1/s1. The van der Waals surface area contributed by atoms with Gasteiger partial charge in [0.15, 0.2) is 11.6 Å². The van der Waals surface area contributed by atoms with E-state index in [0.29, 0.717) is 23.8 Å². The number of likely N-dealkylation sites (tertiary alicyclic amines) is 1. The van der Waals surface area contributed by atoms with Crippen LogP contribution < -0.4 is 4.74 Å². The number of nitrogens with zero attached hydrogens (tertiary/aromatic N) is 2. The zero-order valence-corrected chi connectivity index (χ0v) is 12.3. The first-order valence-corrected chi connectivity index (χ1v) is 6.89. The zero-order chi connectivity index (χ0) is 14.7. The van der Waals surface area contributed by atoms with Gasteiger partial charge in [0.1, 0.15) is 5.75 Å². The summed E-state index contributed by atoms with van der Waals surface area (Å²) in [5, 5.41) is 0. The molecule has 1 atom stereocenters. The van der Waals surface area contributed by atoms with Crippen molar-refractivity contribution in [3.63, 3.8) is 0 Å². The number of hydrogen-bond donors (Lipinski definition) is 0. The molecule has 0 aliphatic carbocycles. The molecule has 1 heterocycles. The SMILES string of the molecule is COc1ccc(F)c(F)c1CN(C)C[C@@H]1CCN(C)C1. The lowest BCUT2D eigenvalue weighted by Gasteiger charge is -2.22. The molecule has 0 saturated carbocycles. The first-order chi connectivity index (χ1) is 9.51. The number of ether oxygens (including phenoxy) is 1. The average Bonchev–Trinajstić information content (AvgIpc) is 2.80. The van der Waals surface area contributed by atoms with Crippen molar-refractivity contribution in [2.45, 2.75) is 13.0 Å². The van der Waals surface area contributed by atoms with Crippen LogP contribution in [0.2, 0.25) is 0 Å². The summed E-state index contributed by atoms with van der Waals surface area (Å²) >= 11 is 0. The van der Waals surface area contributed by atoms with Crippen molar-refractivity contribution >= 4 is 0 Å². The molecule has 1 aromatic rings. The highest BCUT2D eigenvalue weighted by Gasteiger charge is 2.22. The number of methoxy groups -OCH3 is 1. The van der Waals surface area contributed by atoms with E-state index in [4.69, 9.17) is 4.74 Å². The predicted molar refractivity (Wildman–Crippen MR) is 74.8 cm³/mol. The van der Waals surface area contributed by atoms with Crippen LogP contribution in [-0.4, -0.2) is 50.6 Å². The van der Waals surface area contributed by atoms with E-state index >= 15 is 0 Å². The van der Waals surface area contributed by atoms with Crippen LogP contribution in [0.15, 0.2) is 12.1 Å². The molecule has 112 valence electrons. The quantitative estimate of drug-likeness (QED) is 0.825. The molecular formula is C15H22F2N2O. The molecule has 3 nitrogen and oxygen atoms in total. The highest BCUT2D eigenvalue weighted by Crippen LogP contribution is 2.25. The first-order valence-electron chi connectivity index (χ1n) is 6.89. The van der Waals surface area contributed by atoms with Crippen LogP contribution in [0.4, 0.5) is 8.78 Å². The molecule has 1 aromatic carbocycles. The van der Waals surface area contributed by atoms with Gasteiger partial charge in [-0.25, -0.2) is 8.78 Å². The van der Waals surface area contributed by atoms with E-state index < -0.39 is 11.6 Å². The monoisotopic (exact) mass is 284 g/mol. The topological polar surface area (TPSA) is 15.7 Å². The molecule has 0 aromatic heterocycles. The normalized spacial score (nSPS) is 19.8. The predicted octanol–water partition coefficient (Wildman–Crippen LogP) is 2.36. The minimum Gasteiger partial charge on any atom is -0.496 e. The average molecular weight is 284 g/mol. The maximum absolute atomic E-state index is 13.9. The fourth-order valence-corrected chi connectivity index (χ4v) is 2.86. The van der Waals surface area contributed by atoms with Gasteiger partial charge in [-0.2, -0.15) is 0 Å². The van der Waals surface area contributed by atoms with Gasteiger partial charge in [0, 0.05) is 25.2 Å². The molecule has 0 radical (unpaired) electrons. The highest BCUT2D eigenvalue weighted by molar-refractivity contribution is 5.35. The van der Waals surface area contributed by atoms with Gasteiger partial charge in [0.2, 0.25) is 0 Å². The van der Waals surface area contributed by atoms with Crippen LogP contribution in [0.25, 0.3) is 0 Å². The Morgan fingerprint density at radius 3 is 2.75 bits per heavy atom. The van der Waals surface area contributed by atoms with Crippen molar-refractivity contribution in [1.82, 2.24) is 9.80 Å². The van der Waals surface area contributed by atoms with Gasteiger partial charge in [-0.05, 0) is 45.1 Å². The molecule has 0 unspecified atom stereocenters. The lowest BCUT2D eigenvalue weighted by atomic mass is 10.1. The summed E-state index contributed by atoms with van der Waals surface area (Å²) in [7, 11) is 5.51. The molecule has 1 aliphatic rings. The van der Waals surface area contributed by atoms with Gasteiger partial charge in [0.25, 0.3) is 0 Å². The van der Waals surface area contributed by atoms with Crippen molar-refractivity contribution in [2.24, 2.45) is 5.92 Å². The molecule has 1 saturated heterocycles. The zero-order valence-electron chi connectivity index (χ0n) is 12.3. The number of rotatable bonds is 5. The third-order valence-corrected chi connectivity index (χ3v) is 3.86. The summed E-state index contributed by atoms with van der Waals surface area (Å²) < 4.78 is 32.4. The summed E-state index contributed by atoms with van der Waals surface area (Å²) in [6.07, 6.45) is 1.16. The van der Waals surface area contributed by atoms with E-state index in [-0.39, 0.29) is 0 Å². The van der Waals surface area contributed by atoms with E-state index in [1.807, 2.05) is 11.9 Å². The van der Waals surface area contributed by atoms with Gasteiger partial charge in [-0.15, -0.1) is 0 Å². The first kappa shape index (κ1) is 15.2. The van der Waals surface area contributed by atoms with Crippen LogP contribution in [0.3, 0.4) is 0 Å². The van der Waals surface area contributed by atoms with Crippen LogP contribution in [0.1, 0.15) is 12.0 Å². The van der Waals surface area contributed by atoms with Gasteiger partial charge >= 0.3 is 0 Å². The fourth-order valence-electron chi connectivity index (χ4n) is 2.86. The summed E-state index contributed by atoms with van der Waals surface area (Å²) in [5.41, 5.74) is 0.293. The van der Waals surface area contributed by atoms with E-state index in [0.717, 1.165) is 32.1 Å². The Bertz CT molecular complexity index is 467. The van der Waals surface area contributed by atoms with Crippen LogP contribution in [0.5, 0.6) is 5.75 Å². The lowest BCUT2D eigenvalue weighted by molar-refractivity contribution is 0.258. The lowest BCUT2D eigenvalue weighted by Crippen LogP contribution is -2.27. The van der Waals surface area contributed by atoms with Crippen LogP contribution in [-0.2, 0) is 6.54 Å². The van der Waals surface area contributed by atoms with E-state index in [2.05, 4.69) is 11.9 Å². The second kappa shape index (κ2) is 6.50. The summed E-state index contributed by atoms with van der Waals surface area (Å²) in [6, 6.07) is 2.58. The van der Waals surface area contributed by atoms with Crippen LogP contribution in [0, 0.1) is 17.6 Å². The third-order valence-electron chi connectivity index (χ3n) is 3.86. The minimum absolute atomic E-state index is 0.293. The molecule has 1 aliphatic heterocycles. The number of halogens is 2. The Morgan fingerprint density at radius 1 is 1.40 bits per heavy atom. The van der Waals surface area contributed by atoms with Crippen LogP contribution >= 0.6 is 0 Å². The number of benzene rings is 1. The van der Waals surface area contributed by atoms with Crippen molar-refractivity contribution in [2.75, 3.05) is 40.8 Å². The Kier molecular flexibility index (Phi) is 4.94. The van der Waals surface area contributed by atoms with Gasteiger partial charge < -0.3 is 14.5 Å². The summed E-state index contributed by atoms with van der Waals surface area (Å²) in [5.74, 6) is -0.638. The molecule has 20 heavy (non-hydrogen) atoms. The summed E-state index contributed by atoms with van der Waals surface area (Å²) in [4.78, 5) is 4.33. The Morgan fingerprint density at radius 2 is 2.15 bits per heavy atom. The van der Waals surface area contributed by atoms with Gasteiger partial charge in [-0.3, -0.25) is 0 Å². The van der Waals surface area contributed by atoms with E-state index in [9.17, 15) is 8.78 Å². The molecule has 0 N–H and O–H groups in total. The Balaban J connectivity index is 2.03. The van der Waals surface area contributed by atoms with Crippen molar-refractivity contribution < 1.29 is 13.5 Å². The summed E-state index contributed by atoms with van der Waals surface area (Å²) in [6.45, 7) is 3.40. The molecule has 0 spiro atoms. The van der Waals surface area contributed by atoms with Gasteiger partial charge in [0.05, 0.1) is 7.11 Å². The van der Waals surface area contributed by atoms with E-state index in [1.165, 1.54) is 13.2 Å². The maximum Gasteiger partial charge on any atom is 0.167 e. The smallest absolute Gasteiger partial charge is 0.167 e. The highest BCUT2D eigenvalue weighted by atomic mass is 19.2. The Hall–Kier alpha value is -1.20. The molecular weight excluding hydrogens is 262 g/mol. The minimum atomic E-state index is -0.824. The second-order valence-electron chi connectivity index (χ2n) is 5.66. The molecule has 1 fully saturated rings. The Labute approximate surface area is 119 Å². The largest absolute Gasteiger partial charge is 0.496 e. The molecule has 5 heteroatoms. The molecule has 0 bridgehead atoms. The van der Waals surface area contributed by atoms with Crippen molar-refractivity contribution in [1.29, 1.82) is 0 Å². The number of hydrogen-bond acceptors (Lipinski definition) is 3. The maximum atomic E-state index is 13.9. The van der Waals surface area contributed by atoms with Gasteiger partial charge in [-0.1, -0.05) is 0 Å². The molecule has 2 rings (SSSR count).